The van der Waals surface area contributed by atoms with Gasteiger partial charge in [0.1, 0.15) is 39.5 Å². The number of nitriles is 1. The van der Waals surface area contributed by atoms with E-state index in [-0.39, 0.29) is 18.1 Å². The predicted molar refractivity (Wildman–Crippen MR) is 133 cm³/mol. The largest absolute Gasteiger partial charge is 0.474 e. The minimum Gasteiger partial charge on any atom is -0.474 e. The van der Waals surface area contributed by atoms with Gasteiger partial charge < -0.3 is 7.80 Å². The van der Waals surface area contributed by atoms with E-state index in [4.69, 9.17) is 24.7 Å². The van der Waals surface area contributed by atoms with Crippen LogP contribution in [0.2, 0.25) is 5.02 Å². The van der Waals surface area contributed by atoms with Crippen LogP contribution in [0.15, 0.2) is 59.7 Å². The summed E-state index contributed by atoms with van der Waals surface area (Å²) in [5, 5.41) is 14.1. The Morgan fingerprint density at radius 3 is 2.49 bits per heavy atom. The maximum absolute atomic E-state index is 14.5. The van der Waals surface area contributed by atoms with E-state index in [1.165, 1.54) is 0 Å². The SMILES string of the molecule is N#CCOc1c(OI)cccc1C1SC(c2ccc(Cl)cc2)=NN1C(=O)c1c(F)cc(F)cc1F. The summed E-state index contributed by atoms with van der Waals surface area (Å²) < 4.78 is 53.3. The lowest BCUT2D eigenvalue weighted by Crippen LogP contribution is -2.28. The van der Waals surface area contributed by atoms with Crippen LogP contribution in [0.3, 0.4) is 0 Å². The van der Waals surface area contributed by atoms with Crippen molar-refractivity contribution in [2.45, 2.75) is 5.37 Å². The van der Waals surface area contributed by atoms with E-state index in [0.29, 0.717) is 33.3 Å². The van der Waals surface area contributed by atoms with E-state index in [9.17, 15) is 18.0 Å². The average Bonchev–Trinajstić information content (AvgIpc) is 3.27. The molecular formula is C23H12ClF3IN3O3S. The van der Waals surface area contributed by atoms with Gasteiger partial charge in [-0.15, -0.1) is 0 Å². The van der Waals surface area contributed by atoms with Crippen molar-refractivity contribution in [2.24, 2.45) is 5.10 Å². The quantitative estimate of drug-likeness (QED) is 0.286. The minimum absolute atomic E-state index is 0.159. The number of hydrogen-bond donors (Lipinski definition) is 0. The van der Waals surface area contributed by atoms with Crippen LogP contribution in [0.5, 0.6) is 11.5 Å². The number of amides is 1. The van der Waals surface area contributed by atoms with E-state index in [0.717, 1.165) is 16.8 Å². The van der Waals surface area contributed by atoms with E-state index < -0.39 is 34.3 Å². The molecule has 35 heavy (non-hydrogen) atoms. The monoisotopic (exact) mass is 629 g/mol. The summed E-state index contributed by atoms with van der Waals surface area (Å²) >= 11 is 8.72. The first-order chi connectivity index (χ1) is 16.8. The van der Waals surface area contributed by atoms with Gasteiger partial charge in [0.2, 0.25) is 0 Å². The first kappa shape index (κ1) is 25.2. The molecule has 0 radical (unpaired) electrons. The Bertz CT molecular complexity index is 1350. The predicted octanol–water partition coefficient (Wildman–Crippen LogP) is 6.64. The zero-order valence-corrected chi connectivity index (χ0v) is 21.1. The zero-order valence-electron chi connectivity index (χ0n) is 17.3. The molecule has 1 aliphatic heterocycles. The van der Waals surface area contributed by atoms with Gasteiger partial charge in [-0.05, 0) is 18.2 Å². The summed E-state index contributed by atoms with van der Waals surface area (Å²) in [6.45, 7) is -0.318. The van der Waals surface area contributed by atoms with Crippen molar-refractivity contribution in [2.75, 3.05) is 6.61 Å². The van der Waals surface area contributed by atoms with Crippen LogP contribution in [-0.2, 0) is 0 Å². The van der Waals surface area contributed by atoms with E-state index in [1.807, 2.05) is 6.07 Å². The molecule has 1 heterocycles. The number of carbonyl (C=O) groups excluding carboxylic acids is 1. The van der Waals surface area contributed by atoms with Crippen LogP contribution in [0, 0.1) is 28.8 Å². The fourth-order valence-electron chi connectivity index (χ4n) is 3.30. The fraction of sp³-hybridized carbons (Fsp3) is 0.0870. The highest BCUT2D eigenvalue weighted by Gasteiger charge is 2.39. The average molecular weight is 630 g/mol. The molecule has 4 rings (SSSR count). The Morgan fingerprint density at radius 1 is 1.17 bits per heavy atom. The molecule has 3 aromatic carbocycles. The Balaban J connectivity index is 1.84. The van der Waals surface area contributed by atoms with Gasteiger partial charge in [-0.3, -0.25) is 4.79 Å². The van der Waals surface area contributed by atoms with E-state index in [2.05, 4.69) is 5.10 Å². The van der Waals surface area contributed by atoms with Gasteiger partial charge in [-0.1, -0.05) is 47.6 Å². The smallest absolute Gasteiger partial charge is 0.281 e. The number of hydrazone groups is 1. The third kappa shape index (κ3) is 5.19. The number of para-hydroxylation sites is 1. The molecule has 1 unspecified atom stereocenters. The summed E-state index contributed by atoms with van der Waals surface area (Å²) in [4.78, 5) is 13.4. The number of thioether (sulfide) groups is 1. The van der Waals surface area contributed by atoms with Gasteiger partial charge in [0, 0.05) is 28.3 Å². The molecular weight excluding hydrogens is 618 g/mol. The number of hydrogen-bond acceptors (Lipinski definition) is 6. The lowest BCUT2D eigenvalue weighted by Gasteiger charge is -2.24. The van der Waals surface area contributed by atoms with Crippen LogP contribution in [0.1, 0.15) is 26.9 Å². The molecule has 0 N–H and O–H groups in total. The lowest BCUT2D eigenvalue weighted by atomic mass is 10.1. The number of rotatable bonds is 6. The van der Waals surface area contributed by atoms with Crippen LogP contribution in [0.4, 0.5) is 13.2 Å². The highest BCUT2D eigenvalue weighted by Crippen LogP contribution is 2.48. The Hall–Kier alpha value is -2.95. The maximum atomic E-state index is 14.5. The molecule has 0 fully saturated rings. The van der Waals surface area contributed by atoms with Crippen molar-refractivity contribution in [3.05, 3.63) is 93.8 Å². The van der Waals surface area contributed by atoms with Gasteiger partial charge in [-0.2, -0.15) is 10.4 Å². The van der Waals surface area contributed by atoms with Crippen molar-refractivity contribution >= 4 is 57.3 Å². The summed E-state index contributed by atoms with van der Waals surface area (Å²) in [6.07, 6.45) is 0. The number of halogens is 5. The van der Waals surface area contributed by atoms with Crippen LogP contribution in [-0.4, -0.2) is 22.6 Å². The van der Waals surface area contributed by atoms with Crippen molar-refractivity contribution in [3.8, 4) is 17.6 Å². The first-order valence-electron chi connectivity index (χ1n) is 9.74. The topological polar surface area (TPSA) is 74.9 Å². The first-order valence-corrected chi connectivity index (χ1v) is 11.9. The second-order valence-electron chi connectivity index (χ2n) is 6.97. The molecule has 1 aliphatic rings. The van der Waals surface area contributed by atoms with Crippen molar-refractivity contribution in [1.82, 2.24) is 5.01 Å². The van der Waals surface area contributed by atoms with Crippen molar-refractivity contribution in [1.29, 1.82) is 5.26 Å². The molecule has 0 aliphatic carbocycles. The minimum atomic E-state index is -1.36. The molecule has 6 nitrogen and oxygen atoms in total. The lowest BCUT2D eigenvalue weighted by molar-refractivity contribution is 0.0737. The molecule has 0 bridgehead atoms. The Morgan fingerprint density at radius 2 is 1.86 bits per heavy atom. The molecule has 0 spiro atoms. The normalized spacial score (nSPS) is 14.9. The third-order valence-corrected chi connectivity index (χ3v) is 6.75. The molecule has 1 atom stereocenters. The summed E-state index contributed by atoms with van der Waals surface area (Å²) in [7, 11) is 0. The third-order valence-electron chi connectivity index (χ3n) is 4.80. The van der Waals surface area contributed by atoms with Gasteiger partial charge in [-0.25, -0.2) is 18.2 Å². The van der Waals surface area contributed by atoms with Crippen LogP contribution >= 0.6 is 46.4 Å². The maximum Gasteiger partial charge on any atom is 0.281 e. The Kier molecular flexibility index (Phi) is 7.73. The van der Waals surface area contributed by atoms with E-state index >= 15 is 0 Å². The highest BCUT2D eigenvalue weighted by atomic mass is 127. The van der Waals surface area contributed by atoms with Gasteiger partial charge in [0.15, 0.2) is 41.1 Å². The number of carbonyl (C=O) groups is 1. The molecule has 12 heteroatoms. The zero-order chi connectivity index (χ0) is 25.1. The Labute approximate surface area is 221 Å². The van der Waals surface area contributed by atoms with Gasteiger partial charge >= 0.3 is 0 Å². The fourth-order valence-corrected chi connectivity index (χ4v) is 4.95. The van der Waals surface area contributed by atoms with Crippen LogP contribution in [0.25, 0.3) is 0 Å². The molecule has 1 amide bonds. The van der Waals surface area contributed by atoms with Crippen molar-refractivity contribution < 1.29 is 25.8 Å². The second-order valence-corrected chi connectivity index (χ2v) is 8.92. The van der Waals surface area contributed by atoms with Crippen LogP contribution < -0.4 is 7.80 Å². The molecule has 0 saturated carbocycles. The molecule has 0 saturated heterocycles. The number of benzene rings is 3. The number of nitrogens with zero attached hydrogens (tertiary/aromatic N) is 3. The standard InChI is InChI=1S/C23H12ClF3IN3O3S/c24-13-6-4-12(5-7-13)21-30-31(22(32)19-16(26)10-14(25)11-17(19)27)23(35-21)15-2-1-3-18(34-28)20(15)33-9-8-29/h1-7,10-11,23H,9H2. The van der Waals surface area contributed by atoms with Crippen molar-refractivity contribution in [3.63, 3.8) is 0 Å². The molecule has 3 aromatic rings. The second kappa shape index (κ2) is 10.8. The molecule has 178 valence electrons. The molecule has 0 aromatic heterocycles. The summed E-state index contributed by atoms with van der Waals surface area (Å²) in [5.41, 5.74) is 0.00263. The summed E-state index contributed by atoms with van der Waals surface area (Å²) in [5.74, 6) is -4.59. The highest BCUT2D eigenvalue weighted by molar-refractivity contribution is 14.1. The number of ether oxygens (including phenoxy) is 1. The summed E-state index contributed by atoms with van der Waals surface area (Å²) in [6, 6.07) is 14.2. The van der Waals surface area contributed by atoms with Gasteiger partial charge in [0.25, 0.3) is 5.91 Å². The van der Waals surface area contributed by atoms with Gasteiger partial charge in [0.05, 0.1) is 0 Å². The van der Waals surface area contributed by atoms with E-state index in [1.54, 1.807) is 65.5 Å².